The van der Waals surface area contributed by atoms with Gasteiger partial charge in [-0.2, -0.15) is 0 Å². The van der Waals surface area contributed by atoms with Gasteiger partial charge in [0.05, 0.1) is 43.0 Å². The summed E-state index contributed by atoms with van der Waals surface area (Å²) in [6.07, 6.45) is 0.863. The molecule has 1 aliphatic heterocycles. The van der Waals surface area contributed by atoms with Crippen LogP contribution >= 0.6 is 11.6 Å². The minimum absolute atomic E-state index is 0.0781. The first-order valence-electron chi connectivity index (χ1n) is 11.4. The van der Waals surface area contributed by atoms with E-state index < -0.39 is 23.5 Å². The number of aliphatic hydroxyl groups excluding tert-OH is 1. The minimum Gasteiger partial charge on any atom is -0.507 e. The number of benzene rings is 3. The number of Topliss-reactive ketones (excluding diaryl/α,β-unsaturated/α-hetero) is 1. The SMILES string of the molecule is CCCOc1ccc(C2/C(=C(\O)c3cc(Cl)c(OC)cc3OC)C(=O)C(=O)N2c2ccccc2)cc1. The molecule has 1 amide bonds. The highest BCUT2D eigenvalue weighted by Gasteiger charge is 2.47. The summed E-state index contributed by atoms with van der Waals surface area (Å²) in [6.45, 7) is 2.58. The smallest absolute Gasteiger partial charge is 0.300 e. The Morgan fingerprint density at radius 3 is 2.25 bits per heavy atom. The van der Waals surface area contributed by atoms with Crippen LogP contribution in [0.1, 0.15) is 30.5 Å². The predicted octanol–water partition coefficient (Wildman–Crippen LogP) is 5.77. The largest absolute Gasteiger partial charge is 0.507 e. The molecule has 1 N–H and O–H groups in total. The number of aliphatic hydroxyl groups is 1. The zero-order chi connectivity index (χ0) is 25.8. The van der Waals surface area contributed by atoms with Gasteiger partial charge >= 0.3 is 0 Å². The van der Waals surface area contributed by atoms with Gasteiger partial charge in [0.25, 0.3) is 11.7 Å². The summed E-state index contributed by atoms with van der Waals surface area (Å²) in [4.78, 5) is 28.0. The highest BCUT2D eigenvalue weighted by atomic mass is 35.5. The second kappa shape index (κ2) is 10.7. The van der Waals surface area contributed by atoms with Crippen molar-refractivity contribution in [3.63, 3.8) is 0 Å². The van der Waals surface area contributed by atoms with Crippen molar-refractivity contribution in [2.75, 3.05) is 25.7 Å². The predicted molar refractivity (Wildman–Crippen MR) is 138 cm³/mol. The van der Waals surface area contributed by atoms with Crippen molar-refractivity contribution in [2.24, 2.45) is 0 Å². The van der Waals surface area contributed by atoms with Crippen LogP contribution in [0.4, 0.5) is 5.69 Å². The van der Waals surface area contributed by atoms with Crippen molar-refractivity contribution in [3.8, 4) is 17.2 Å². The van der Waals surface area contributed by atoms with Crippen molar-refractivity contribution in [2.45, 2.75) is 19.4 Å². The Labute approximate surface area is 214 Å². The molecular formula is C28H26ClNO6. The molecule has 1 saturated heterocycles. The van der Waals surface area contributed by atoms with Crippen LogP contribution in [-0.4, -0.2) is 37.6 Å². The summed E-state index contributed by atoms with van der Waals surface area (Å²) in [5.41, 5.74) is 1.24. The number of halogens is 1. The third kappa shape index (κ3) is 4.62. The van der Waals surface area contributed by atoms with E-state index in [4.69, 9.17) is 25.8 Å². The number of amides is 1. The topological polar surface area (TPSA) is 85.3 Å². The molecule has 1 heterocycles. The van der Waals surface area contributed by atoms with Crippen molar-refractivity contribution in [1.82, 2.24) is 0 Å². The lowest BCUT2D eigenvalue weighted by Gasteiger charge is -2.25. The lowest BCUT2D eigenvalue weighted by Crippen LogP contribution is -2.29. The van der Waals surface area contributed by atoms with Gasteiger partial charge in [0.2, 0.25) is 0 Å². The first kappa shape index (κ1) is 25.1. The van der Waals surface area contributed by atoms with Crippen molar-refractivity contribution in [1.29, 1.82) is 0 Å². The number of hydrogen-bond acceptors (Lipinski definition) is 6. The maximum atomic E-state index is 13.4. The maximum Gasteiger partial charge on any atom is 0.300 e. The zero-order valence-electron chi connectivity index (χ0n) is 20.2. The lowest BCUT2D eigenvalue weighted by atomic mass is 9.94. The van der Waals surface area contributed by atoms with Crippen molar-refractivity contribution < 1.29 is 28.9 Å². The number of nitrogens with zero attached hydrogens (tertiary/aromatic N) is 1. The van der Waals surface area contributed by atoms with Crippen LogP contribution in [0.3, 0.4) is 0 Å². The van der Waals surface area contributed by atoms with Crippen molar-refractivity contribution in [3.05, 3.63) is 88.5 Å². The highest BCUT2D eigenvalue weighted by Crippen LogP contribution is 2.44. The van der Waals surface area contributed by atoms with E-state index in [-0.39, 0.29) is 21.9 Å². The van der Waals surface area contributed by atoms with E-state index in [1.165, 1.54) is 31.3 Å². The molecule has 0 aliphatic carbocycles. The molecule has 0 radical (unpaired) electrons. The Morgan fingerprint density at radius 1 is 0.972 bits per heavy atom. The highest BCUT2D eigenvalue weighted by molar-refractivity contribution is 6.51. The molecule has 0 spiro atoms. The third-order valence-electron chi connectivity index (χ3n) is 5.88. The van der Waals surface area contributed by atoms with Gasteiger partial charge in [0.1, 0.15) is 23.0 Å². The van der Waals surface area contributed by atoms with Gasteiger partial charge in [-0.3, -0.25) is 14.5 Å². The number of anilines is 1. The van der Waals surface area contributed by atoms with Gasteiger partial charge in [-0.1, -0.05) is 48.9 Å². The van der Waals surface area contributed by atoms with Crippen LogP contribution in [0.15, 0.2) is 72.3 Å². The molecule has 36 heavy (non-hydrogen) atoms. The molecule has 3 aromatic carbocycles. The second-order valence-electron chi connectivity index (χ2n) is 8.11. The lowest BCUT2D eigenvalue weighted by molar-refractivity contribution is -0.132. The van der Waals surface area contributed by atoms with Crippen LogP contribution in [-0.2, 0) is 9.59 Å². The Bertz CT molecular complexity index is 1300. The normalized spacial score (nSPS) is 16.8. The Morgan fingerprint density at radius 2 is 1.64 bits per heavy atom. The van der Waals surface area contributed by atoms with Gasteiger partial charge in [0.15, 0.2) is 0 Å². The van der Waals surface area contributed by atoms with Crippen LogP contribution in [0.25, 0.3) is 5.76 Å². The standard InChI is InChI=1S/C28H26ClNO6/c1-4-14-36-19-12-10-17(11-13-19)25-24(27(32)28(33)30(25)18-8-6-5-7-9-18)26(31)20-15-21(29)23(35-3)16-22(20)34-2/h5-13,15-16,25,31H,4,14H2,1-3H3/b26-24+. The van der Waals surface area contributed by atoms with Crippen LogP contribution < -0.4 is 19.1 Å². The molecule has 1 atom stereocenters. The van der Waals surface area contributed by atoms with E-state index in [9.17, 15) is 14.7 Å². The van der Waals surface area contributed by atoms with Crippen LogP contribution in [0, 0.1) is 0 Å². The van der Waals surface area contributed by atoms with Gasteiger partial charge in [-0.15, -0.1) is 0 Å². The quantitative estimate of drug-likeness (QED) is 0.236. The number of carbonyl (C=O) groups is 2. The van der Waals surface area contributed by atoms with E-state index >= 15 is 0 Å². The molecule has 186 valence electrons. The summed E-state index contributed by atoms with van der Waals surface area (Å²) in [5.74, 6) is -0.722. The Kier molecular flexibility index (Phi) is 7.50. The monoisotopic (exact) mass is 507 g/mol. The maximum absolute atomic E-state index is 13.4. The van der Waals surface area contributed by atoms with Gasteiger partial charge in [-0.05, 0) is 42.3 Å². The van der Waals surface area contributed by atoms with Crippen LogP contribution in [0.5, 0.6) is 17.2 Å². The number of rotatable bonds is 8. The minimum atomic E-state index is -0.891. The van der Waals surface area contributed by atoms with E-state index in [1.54, 1.807) is 48.5 Å². The molecule has 0 bridgehead atoms. The van der Waals surface area contributed by atoms with E-state index in [2.05, 4.69) is 0 Å². The third-order valence-corrected chi connectivity index (χ3v) is 6.17. The Balaban J connectivity index is 1.92. The molecule has 7 nitrogen and oxygen atoms in total. The first-order chi connectivity index (χ1) is 17.4. The second-order valence-corrected chi connectivity index (χ2v) is 8.52. The summed E-state index contributed by atoms with van der Waals surface area (Å²) in [5, 5.41) is 11.7. The molecular weight excluding hydrogens is 482 g/mol. The zero-order valence-corrected chi connectivity index (χ0v) is 20.9. The summed E-state index contributed by atoms with van der Waals surface area (Å²) < 4.78 is 16.4. The molecule has 8 heteroatoms. The van der Waals surface area contributed by atoms with E-state index in [0.717, 1.165) is 6.42 Å². The molecule has 3 aromatic rings. The Hall–Kier alpha value is -3.97. The van der Waals surface area contributed by atoms with Gasteiger partial charge in [0, 0.05) is 11.8 Å². The number of methoxy groups -OCH3 is 2. The summed E-state index contributed by atoms with van der Waals surface area (Å²) >= 11 is 6.32. The fourth-order valence-electron chi connectivity index (χ4n) is 4.16. The average Bonchev–Trinajstić information content (AvgIpc) is 3.17. The van der Waals surface area contributed by atoms with Crippen LogP contribution in [0.2, 0.25) is 5.02 Å². The number of para-hydroxylation sites is 1. The molecule has 4 rings (SSSR count). The van der Waals surface area contributed by atoms with E-state index in [1.807, 2.05) is 13.0 Å². The molecule has 1 fully saturated rings. The van der Waals surface area contributed by atoms with Crippen molar-refractivity contribution >= 4 is 34.7 Å². The number of ketones is 1. The summed E-state index contributed by atoms with van der Waals surface area (Å²) in [7, 11) is 2.88. The number of ether oxygens (including phenoxy) is 3. The molecule has 0 aromatic heterocycles. The molecule has 1 aliphatic rings. The van der Waals surface area contributed by atoms with Gasteiger partial charge in [-0.25, -0.2) is 0 Å². The first-order valence-corrected chi connectivity index (χ1v) is 11.8. The fraction of sp³-hybridized carbons (Fsp3) is 0.214. The summed E-state index contributed by atoms with van der Waals surface area (Å²) in [6, 6.07) is 18.0. The number of carbonyl (C=O) groups excluding carboxylic acids is 2. The molecule has 0 saturated carbocycles. The molecule has 1 unspecified atom stereocenters. The average molecular weight is 508 g/mol. The fourth-order valence-corrected chi connectivity index (χ4v) is 4.40. The number of hydrogen-bond donors (Lipinski definition) is 1. The van der Waals surface area contributed by atoms with E-state index in [0.29, 0.717) is 29.4 Å². The van der Waals surface area contributed by atoms with Gasteiger partial charge < -0.3 is 19.3 Å².